The minimum absolute atomic E-state index is 0.0448. The molecule has 2 N–H and O–H groups in total. The molecule has 0 spiro atoms. The molecule has 2 rings (SSSR count). The molecule has 1 heterocycles. The Morgan fingerprint density at radius 3 is 2.40 bits per heavy atom. The summed E-state index contributed by atoms with van der Waals surface area (Å²) in [7, 11) is -3.08. The van der Waals surface area contributed by atoms with E-state index in [1.807, 2.05) is 0 Å². The van der Waals surface area contributed by atoms with Gasteiger partial charge in [-0.2, -0.15) is 8.78 Å². The normalized spacial score (nSPS) is 18.3. The number of nitrogens with two attached hydrogens (primary N) is 1. The van der Waals surface area contributed by atoms with E-state index in [-0.39, 0.29) is 36.0 Å². The van der Waals surface area contributed by atoms with Crippen LogP contribution in [0, 0.1) is 5.82 Å². The molecule has 0 aromatic heterocycles. The van der Waals surface area contributed by atoms with Gasteiger partial charge in [0.1, 0.15) is 0 Å². The number of ether oxygens (including phenoxy) is 1. The van der Waals surface area contributed by atoms with Crippen LogP contribution in [0.5, 0.6) is 5.75 Å². The van der Waals surface area contributed by atoms with Gasteiger partial charge in [-0.05, 0) is 0 Å². The maximum absolute atomic E-state index is 13.4. The van der Waals surface area contributed by atoms with E-state index >= 15 is 0 Å². The van der Waals surface area contributed by atoms with Crippen molar-refractivity contribution in [3.8, 4) is 5.75 Å². The lowest BCUT2D eigenvalue weighted by Gasteiger charge is -2.30. The number of alkyl halides is 2. The number of nitrogens with zero attached hydrogens (tertiary/aromatic N) is 1. The van der Waals surface area contributed by atoms with Crippen molar-refractivity contribution in [1.29, 1.82) is 0 Å². The number of halogens is 3. The second-order valence-electron chi connectivity index (χ2n) is 4.36. The number of rotatable bonds is 3. The van der Waals surface area contributed by atoms with Crippen molar-refractivity contribution < 1.29 is 26.3 Å². The van der Waals surface area contributed by atoms with E-state index in [4.69, 9.17) is 5.73 Å². The fourth-order valence-corrected chi connectivity index (χ4v) is 3.17. The van der Waals surface area contributed by atoms with Crippen LogP contribution in [0.1, 0.15) is 0 Å². The summed E-state index contributed by atoms with van der Waals surface area (Å²) in [6, 6.07) is 1.95. The Hall–Kier alpha value is -1.64. The van der Waals surface area contributed by atoms with Crippen LogP contribution in [0.2, 0.25) is 0 Å². The van der Waals surface area contributed by atoms with Gasteiger partial charge in [0.05, 0.1) is 22.9 Å². The molecule has 0 radical (unpaired) electrons. The highest BCUT2D eigenvalue weighted by Crippen LogP contribution is 2.32. The first-order valence-corrected chi connectivity index (χ1v) is 7.60. The van der Waals surface area contributed by atoms with E-state index in [0.29, 0.717) is 0 Å². The van der Waals surface area contributed by atoms with Crippen LogP contribution in [-0.4, -0.2) is 39.6 Å². The van der Waals surface area contributed by atoms with Crippen LogP contribution in [0.4, 0.5) is 24.5 Å². The lowest BCUT2D eigenvalue weighted by molar-refractivity contribution is -0.0521. The van der Waals surface area contributed by atoms with Crippen LogP contribution in [0.25, 0.3) is 0 Å². The highest BCUT2D eigenvalue weighted by Gasteiger charge is 2.24. The molecule has 1 saturated heterocycles. The Balaban J connectivity index is 2.27. The Bertz CT molecular complexity index is 593. The highest BCUT2D eigenvalue weighted by molar-refractivity contribution is 7.91. The minimum Gasteiger partial charge on any atom is -0.432 e. The third-order valence-corrected chi connectivity index (χ3v) is 4.59. The maximum Gasteiger partial charge on any atom is 0.387 e. The molecule has 9 heteroatoms. The van der Waals surface area contributed by atoms with Crippen LogP contribution >= 0.6 is 0 Å². The molecule has 0 saturated carbocycles. The average Bonchev–Trinajstić information content (AvgIpc) is 2.33. The summed E-state index contributed by atoms with van der Waals surface area (Å²) in [4.78, 5) is 1.61. The fourth-order valence-electron chi connectivity index (χ4n) is 1.97. The molecule has 0 amide bonds. The number of anilines is 2. The van der Waals surface area contributed by atoms with Crippen molar-refractivity contribution in [3.63, 3.8) is 0 Å². The zero-order valence-corrected chi connectivity index (χ0v) is 11.2. The topological polar surface area (TPSA) is 72.6 Å². The number of nitrogen functional groups attached to an aromatic ring is 1. The zero-order chi connectivity index (χ0) is 14.9. The van der Waals surface area contributed by atoms with Crippen molar-refractivity contribution in [2.24, 2.45) is 0 Å². The van der Waals surface area contributed by atoms with Crippen LogP contribution < -0.4 is 15.4 Å². The Labute approximate surface area is 114 Å². The van der Waals surface area contributed by atoms with E-state index in [1.165, 1.54) is 0 Å². The van der Waals surface area contributed by atoms with Gasteiger partial charge in [-0.15, -0.1) is 0 Å². The van der Waals surface area contributed by atoms with Crippen LogP contribution in [0.15, 0.2) is 12.1 Å². The standard InChI is InChI=1S/C11H13F3N2O3S/c12-7-5-8(15)9(6-10(7)19-11(13)14)16-1-3-20(17,18)4-2-16/h5-6,11H,1-4,15H2. The molecule has 1 aliphatic rings. The van der Waals surface area contributed by atoms with E-state index in [9.17, 15) is 21.6 Å². The van der Waals surface area contributed by atoms with Gasteiger partial charge in [-0.1, -0.05) is 0 Å². The number of hydrogen-bond acceptors (Lipinski definition) is 5. The molecule has 0 bridgehead atoms. The van der Waals surface area contributed by atoms with Gasteiger partial charge in [0, 0.05) is 25.2 Å². The predicted octanol–water partition coefficient (Wildman–Crippen LogP) is 1.24. The Morgan fingerprint density at radius 1 is 1.25 bits per heavy atom. The molecule has 1 aromatic rings. The van der Waals surface area contributed by atoms with Crippen molar-refractivity contribution in [2.45, 2.75) is 6.61 Å². The molecule has 20 heavy (non-hydrogen) atoms. The van der Waals surface area contributed by atoms with Crippen LogP contribution in [-0.2, 0) is 9.84 Å². The Kier molecular flexibility index (Phi) is 3.98. The molecular weight excluding hydrogens is 297 g/mol. The second-order valence-corrected chi connectivity index (χ2v) is 6.66. The summed E-state index contributed by atoms with van der Waals surface area (Å²) in [5.74, 6) is -1.72. The predicted molar refractivity (Wildman–Crippen MR) is 68.3 cm³/mol. The van der Waals surface area contributed by atoms with E-state index in [2.05, 4.69) is 4.74 Å². The van der Waals surface area contributed by atoms with Crippen LogP contribution in [0.3, 0.4) is 0 Å². The summed E-state index contributed by atoms with van der Waals surface area (Å²) >= 11 is 0. The molecule has 0 atom stereocenters. The quantitative estimate of drug-likeness (QED) is 0.851. The molecule has 112 valence electrons. The first-order chi connectivity index (χ1) is 9.28. The molecule has 0 unspecified atom stereocenters. The average molecular weight is 310 g/mol. The van der Waals surface area contributed by atoms with Crippen molar-refractivity contribution in [3.05, 3.63) is 17.9 Å². The lowest BCUT2D eigenvalue weighted by atomic mass is 10.2. The Morgan fingerprint density at radius 2 is 1.85 bits per heavy atom. The first-order valence-electron chi connectivity index (χ1n) is 5.78. The smallest absolute Gasteiger partial charge is 0.387 e. The van der Waals surface area contributed by atoms with E-state index < -0.39 is 28.0 Å². The van der Waals surface area contributed by atoms with Gasteiger partial charge in [-0.25, -0.2) is 12.8 Å². The van der Waals surface area contributed by atoms with Gasteiger partial charge in [0.15, 0.2) is 21.4 Å². The molecule has 1 aromatic carbocycles. The highest BCUT2D eigenvalue weighted by atomic mass is 32.2. The molecule has 0 aliphatic carbocycles. The number of hydrogen-bond donors (Lipinski definition) is 1. The van der Waals surface area contributed by atoms with Gasteiger partial charge >= 0.3 is 6.61 Å². The molecule has 1 aliphatic heterocycles. The van der Waals surface area contributed by atoms with Crippen molar-refractivity contribution >= 4 is 21.2 Å². The van der Waals surface area contributed by atoms with Gasteiger partial charge in [0.2, 0.25) is 0 Å². The second kappa shape index (κ2) is 5.39. The third-order valence-electron chi connectivity index (χ3n) is 2.98. The third kappa shape index (κ3) is 3.27. The van der Waals surface area contributed by atoms with Crippen molar-refractivity contribution in [1.82, 2.24) is 0 Å². The number of benzene rings is 1. The summed E-state index contributed by atoms with van der Waals surface area (Å²) < 4.78 is 64.5. The van der Waals surface area contributed by atoms with Crippen molar-refractivity contribution in [2.75, 3.05) is 35.2 Å². The molecular formula is C11H13F3N2O3S. The zero-order valence-electron chi connectivity index (χ0n) is 10.4. The van der Waals surface area contributed by atoms with Gasteiger partial charge in [-0.3, -0.25) is 0 Å². The van der Waals surface area contributed by atoms with Gasteiger partial charge in [0.25, 0.3) is 0 Å². The number of sulfone groups is 1. The summed E-state index contributed by atoms with van der Waals surface area (Å²) in [6.45, 7) is -2.80. The monoisotopic (exact) mass is 310 g/mol. The lowest BCUT2D eigenvalue weighted by Crippen LogP contribution is -2.40. The minimum atomic E-state index is -3.15. The first kappa shape index (κ1) is 14.8. The SMILES string of the molecule is Nc1cc(F)c(OC(F)F)cc1N1CCS(=O)(=O)CC1. The summed E-state index contributed by atoms with van der Waals surface area (Å²) in [6.07, 6.45) is 0. The largest absolute Gasteiger partial charge is 0.432 e. The maximum atomic E-state index is 13.4. The van der Waals surface area contributed by atoms with E-state index in [0.717, 1.165) is 12.1 Å². The fraction of sp³-hybridized carbons (Fsp3) is 0.455. The molecule has 5 nitrogen and oxygen atoms in total. The van der Waals surface area contributed by atoms with E-state index in [1.54, 1.807) is 4.90 Å². The summed E-state index contributed by atoms with van der Waals surface area (Å²) in [5.41, 5.74) is 5.98. The van der Waals surface area contributed by atoms with Gasteiger partial charge < -0.3 is 15.4 Å². The summed E-state index contributed by atoms with van der Waals surface area (Å²) in [5, 5.41) is 0. The molecule has 1 fully saturated rings.